The fraction of sp³-hybridized carbons (Fsp3) is 0.368. The molecule has 1 saturated heterocycles. The van der Waals surface area contributed by atoms with Gasteiger partial charge in [0.2, 0.25) is 5.91 Å². The van der Waals surface area contributed by atoms with Crippen molar-refractivity contribution in [3.05, 3.63) is 47.7 Å². The van der Waals surface area contributed by atoms with E-state index in [1.165, 1.54) is 0 Å². The number of aromatic nitrogens is 1. The molecule has 0 saturated carbocycles. The predicted octanol–water partition coefficient (Wildman–Crippen LogP) is 2.69. The molecule has 0 spiro atoms. The van der Waals surface area contributed by atoms with Crippen LogP contribution in [-0.2, 0) is 4.79 Å². The Labute approximate surface area is 153 Å². The first-order valence-electron chi connectivity index (χ1n) is 8.62. The van der Waals surface area contributed by atoms with Crippen LogP contribution in [0.25, 0.3) is 11.1 Å². The summed E-state index contributed by atoms with van der Waals surface area (Å²) >= 11 is 6.48. The monoisotopic (exact) mass is 358 g/mol. The third-order valence-corrected chi connectivity index (χ3v) is 4.86. The molecule has 1 aliphatic heterocycles. The summed E-state index contributed by atoms with van der Waals surface area (Å²) in [5.74, 6) is 0.151. The molecule has 5 nitrogen and oxygen atoms in total. The lowest BCUT2D eigenvalue weighted by Crippen LogP contribution is -2.42. The minimum Gasteiger partial charge on any atom is -0.370 e. The van der Waals surface area contributed by atoms with Gasteiger partial charge in [-0.05, 0) is 18.4 Å². The van der Waals surface area contributed by atoms with E-state index in [-0.39, 0.29) is 11.8 Å². The van der Waals surface area contributed by atoms with Gasteiger partial charge in [0, 0.05) is 50.1 Å². The number of piperidine rings is 1. The summed E-state index contributed by atoms with van der Waals surface area (Å²) < 4.78 is 0. The van der Waals surface area contributed by atoms with E-state index in [0.29, 0.717) is 18.1 Å². The lowest BCUT2D eigenvalue weighted by molar-refractivity contribution is -0.125. The van der Waals surface area contributed by atoms with Gasteiger partial charge in [-0.15, -0.1) is 0 Å². The number of hydrogen-bond acceptors (Lipinski definition) is 4. The van der Waals surface area contributed by atoms with E-state index >= 15 is 0 Å². The largest absolute Gasteiger partial charge is 0.370 e. The van der Waals surface area contributed by atoms with E-state index in [1.54, 1.807) is 6.20 Å². The highest BCUT2D eigenvalue weighted by molar-refractivity contribution is 6.33. The molecule has 132 valence electrons. The number of carbonyl (C=O) groups is 1. The van der Waals surface area contributed by atoms with Crippen molar-refractivity contribution in [2.75, 3.05) is 31.1 Å². The lowest BCUT2D eigenvalue weighted by Gasteiger charge is -2.34. The molecule has 1 aromatic heterocycles. The molecule has 1 aromatic carbocycles. The Morgan fingerprint density at radius 3 is 2.64 bits per heavy atom. The highest BCUT2D eigenvalue weighted by atomic mass is 35.5. The van der Waals surface area contributed by atoms with E-state index in [9.17, 15) is 4.79 Å². The average molecular weight is 359 g/mol. The summed E-state index contributed by atoms with van der Waals surface area (Å²) in [6, 6.07) is 10.1. The SMILES string of the molecule is NCCNC(=O)C1CCN(c2c(Cl)cncc2-c2ccccc2)CC1. The maximum atomic E-state index is 12.1. The second kappa shape index (κ2) is 8.32. The van der Waals surface area contributed by atoms with Gasteiger partial charge in [0.05, 0.1) is 10.7 Å². The van der Waals surface area contributed by atoms with Gasteiger partial charge in [0.15, 0.2) is 0 Å². The third-order valence-electron chi connectivity index (χ3n) is 4.58. The summed E-state index contributed by atoms with van der Waals surface area (Å²) in [4.78, 5) is 18.7. The summed E-state index contributed by atoms with van der Waals surface area (Å²) in [5.41, 5.74) is 8.57. The number of benzene rings is 1. The van der Waals surface area contributed by atoms with Crippen molar-refractivity contribution in [3.63, 3.8) is 0 Å². The van der Waals surface area contributed by atoms with Gasteiger partial charge in [-0.2, -0.15) is 0 Å². The Kier molecular flexibility index (Phi) is 5.89. The Hall–Kier alpha value is -2.11. The zero-order valence-corrected chi connectivity index (χ0v) is 14.9. The molecule has 3 rings (SSSR count). The summed E-state index contributed by atoms with van der Waals surface area (Å²) in [6.45, 7) is 2.60. The average Bonchev–Trinajstić information content (AvgIpc) is 2.67. The molecular formula is C19H23ClN4O. The number of amides is 1. The van der Waals surface area contributed by atoms with Crippen LogP contribution in [-0.4, -0.2) is 37.1 Å². The second-order valence-electron chi connectivity index (χ2n) is 6.22. The Morgan fingerprint density at radius 1 is 1.24 bits per heavy atom. The molecule has 3 N–H and O–H groups in total. The van der Waals surface area contributed by atoms with Gasteiger partial charge in [0.25, 0.3) is 0 Å². The van der Waals surface area contributed by atoms with Crippen LogP contribution >= 0.6 is 11.6 Å². The number of halogens is 1. The maximum absolute atomic E-state index is 12.1. The van der Waals surface area contributed by atoms with Crippen LogP contribution in [0.15, 0.2) is 42.7 Å². The predicted molar refractivity (Wildman–Crippen MR) is 102 cm³/mol. The van der Waals surface area contributed by atoms with Crippen LogP contribution in [0, 0.1) is 5.92 Å². The zero-order chi connectivity index (χ0) is 17.6. The standard InChI is InChI=1S/C19H23ClN4O/c20-17-13-22-12-16(14-4-2-1-3-5-14)18(17)24-10-6-15(7-11-24)19(25)23-9-8-21/h1-5,12-13,15H,6-11,21H2,(H,23,25). The number of rotatable bonds is 5. The molecule has 1 amide bonds. The summed E-state index contributed by atoms with van der Waals surface area (Å²) in [6.07, 6.45) is 5.16. The number of anilines is 1. The van der Waals surface area contributed by atoms with E-state index in [1.807, 2.05) is 24.4 Å². The Bertz CT molecular complexity index is 715. The van der Waals surface area contributed by atoms with Gasteiger partial charge in [-0.25, -0.2) is 0 Å². The van der Waals surface area contributed by atoms with Gasteiger partial charge in [-0.3, -0.25) is 9.78 Å². The van der Waals surface area contributed by atoms with Crippen molar-refractivity contribution in [3.8, 4) is 11.1 Å². The van der Waals surface area contributed by atoms with Crippen LogP contribution in [0.1, 0.15) is 12.8 Å². The first-order valence-corrected chi connectivity index (χ1v) is 9.00. The normalized spacial score (nSPS) is 15.2. The van der Waals surface area contributed by atoms with Crippen LogP contribution in [0.3, 0.4) is 0 Å². The molecule has 0 unspecified atom stereocenters. The summed E-state index contributed by atoms with van der Waals surface area (Å²) in [5, 5.41) is 3.53. The minimum atomic E-state index is 0.0450. The van der Waals surface area contributed by atoms with Gasteiger partial charge in [-0.1, -0.05) is 41.9 Å². The number of carbonyl (C=O) groups excluding carboxylic acids is 1. The van der Waals surface area contributed by atoms with Crippen molar-refractivity contribution in [2.24, 2.45) is 11.7 Å². The zero-order valence-electron chi connectivity index (χ0n) is 14.1. The highest BCUT2D eigenvalue weighted by Crippen LogP contribution is 2.37. The molecule has 1 fully saturated rings. The lowest BCUT2D eigenvalue weighted by atomic mass is 9.94. The van der Waals surface area contributed by atoms with E-state index in [4.69, 9.17) is 17.3 Å². The molecule has 0 radical (unpaired) electrons. The van der Waals surface area contributed by atoms with Gasteiger partial charge < -0.3 is 16.0 Å². The molecule has 6 heteroatoms. The van der Waals surface area contributed by atoms with Crippen molar-refractivity contribution in [1.82, 2.24) is 10.3 Å². The van der Waals surface area contributed by atoms with Crippen molar-refractivity contribution in [2.45, 2.75) is 12.8 Å². The van der Waals surface area contributed by atoms with Crippen LogP contribution < -0.4 is 16.0 Å². The molecule has 0 bridgehead atoms. The fourth-order valence-electron chi connectivity index (χ4n) is 3.28. The molecular weight excluding hydrogens is 336 g/mol. The summed E-state index contributed by atoms with van der Waals surface area (Å²) in [7, 11) is 0. The van der Waals surface area contributed by atoms with Crippen molar-refractivity contribution < 1.29 is 4.79 Å². The topological polar surface area (TPSA) is 71.2 Å². The fourth-order valence-corrected chi connectivity index (χ4v) is 3.56. The highest BCUT2D eigenvalue weighted by Gasteiger charge is 2.27. The number of nitrogens with one attached hydrogen (secondary N) is 1. The van der Waals surface area contributed by atoms with Crippen LogP contribution in [0.5, 0.6) is 0 Å². The van der Waals surface area contributed by atoms with Crippen molar-refractivity contribution >= 4 is 23.2 Å². The van der Waals surface area contributed by atoms with Gasteiger partial charge >= 0.3 is 0 Å². The number of pyridine rings is 1. The Balaban J connectivity index is 1.77. The van der Waals surface area contributed by atoms with E-state index < -0.39 is 0 Å². The third kappa shape index (κ3) is 4.11. The molecule has 2 heterocycles. The number of nitrogens with two attached hydrogens (primary N) is 1. The van der Waals surface area contributed by atoms with Crippen LogP contribution in [0.4, 0.5) is 5.69 Å². The molecule has 0 aliphatic carbocycles. The first kappa shape index (κ1) is 17.7. The van der Waals surface area contributed by atoms with Gasteiger partial charge in [0.1, 0.15) is 0 Å². The van der Waals surface area contributed by atoms with Crippen LogP contribution in [0.2, 0.25) is 5.02 Å². The van der Waals surface area contributed by atoms with E-state index in [2.05, 4.69) is 27.3 Å². The number of nitrogens with zero attached hydrogens (tertiary/aromatic N) is 2. The molecule has 25 heavy (non-hydrogen) atoms. The smallest absolute Gasteiger partial charge is 0.223 e. The molecule has 0 atom stereocenters. The second-order valence-corrected chi connectivity index (χ2v) is 6.63. The minimum absolute atomic E-state index is 0.0450. The molecule has 1 aliphatic rings. The maximum Gasteiger partial charge on any atom is 0.223 e. The van der Waals surface area contributed by atoms with Crippen molar-refractivity contribution in [1.29, 1.82) is 0 Å². The molecule has 2 aromatic rings. The quantitative estimate of drug-likeness (QED) is 0.862. The van der Waals surface area contributed by atoms with E-state index in [0.717, 1.165) is 42.7 Å². The number of hydrogen-bond donors (Lipinski definition) is 2. The first-order chi connectivity index (χ1) is 12.2. The Morgan fingerprint density at radius 2 is 1.96 bits per heavy atom.